The van der Waals surface area contributed by atoms with Crippen LogP contribution < -0.4 is 10.3 Å². The van der Waals surface area contributed by atoms with Gasteiger partial charge in [-0.25, -0.2) is 17.6 Å². The third-order valence-corrected chi connectivity index (χ3v) is 6.62. The smallest absolute Gasteiger partial charge is 0.336 e. The highest BCUT2D eigenvalue weighted by Crippen LogP contribution is 2.23. The van der Waals surface area contributed by atoms with Gasteiger partial charge in [0.05, 0.1) is 0 Å². The molecule has 0 spiro atoms. The fourth-order valence-electron chi connectivity index (χ4n) is 3.19. The van der Waals surface area contributed by atoms with E-state index in [4.69, 9.17) is 9.15 Å². The summed E-state index contributed by atoms with van der Waals surface area (Å²) in [6, 6.07) is 8.43. The first-order chi connectivity index (χ1) is 15.0. The van der Waals surface area contributed by atoms with Crippen LogP contribution >= 0.6 is 0 Å². The molecule has 0 aliphatic rings. The molecule has 1 aromatic heterocycles. The Balaban J connectivity index is 1.84. The summed E-state index contributed by atoms with van der Waals surface area (Å²) in [5.74, 6) is -2.25. The van der Waals surface area contributed by atoms with E-state index in [1.165, 1.54) is 18.2 Å². The van der Waals surface area contributed by atoms with Crippen LogP contribution in [0.1, 0.15) is 30.5 Å². The van der Waals surface area contributed by atoms with Crippen LogP contribution in [0, 0.1) is 25.6 Å². The SMILES string of the molecule is Cc1cc2oc(=O)cc(COC(=O)[C@@H](NS(=O)(=O)c3ccccc3F)C(C)C)c2cc1C. The molecular formula is C23H24FNO6S. The van der Waals surface area contributed by atoms with Crippen LogP contribution in [0.5, 0.6) is 0 Å². The summed E-state index contributed by atoms with van der Waals surface area (Å²) in [6.07, 6.45) is 0. The molecule has 0 saturated carbocycles. The van der Waals surface area contributed by atoms with Crippen molar-refractivity contribution < 1.29 is 26.8 Å². The molecule has 2 aromatic carbocycles. The molecule has 3 rings (SSSR count). The number of benzene rings is 2. The Morgan fingerprint density at radius 1 is 1.12 bits per heavy atom. The van der Waals surface area contributed by atoms with Gasteiger partial charge in [0.2, 0.25) is 10.0 Å². The average molecular weight is 462 g/mol. The second kappa shape index (κ2) is 9.22. The molecule has 0 fully saturated rings. The molecule has 3 aromatic rings. The van der Waals surface area contributed by atoms with Crippen LogP contribution in [0.25, 0.3) is 11.0 Å². The van der Waals surface area contributed by atoms with Crippen molar-refractivity contribution >= 4 is 27.0 Å². The molecule has 0 bridgehead atoms. The lowest BCUT2D eigenvalue weighted by atomic mass is 10.0. The average Bonchev–Trinajstić information content (AvgIpc) is 2.71. The van der Waals surface area contributed by atoms with Crippen molar-refractivity contribution in [3.05, 3.63) is 75.4 Å². The second-order valence-electron chi connectivity index (χ2n) is 7.90. The highest BCUT2D eigenvalue weighted by Gasteiger charge is 2.31. The number of esters is 1. The molecule has 1 atom stereocenters. The van der Waals surface area contributed by atoms with Gasteiger partial charge in [-0.2, -0.15) is 4.72 Å². The molecule has 0 amide bonds. The van der Waals surface area contributed by atoms with Crippen LogP contribution in [0.2, 0.25) is 0 Å². The van der Waals surface area contributed by atoms with Crippen LogP contribution in [-0.2, 0) is 26.2 Å². The Kier molecular flexibility index (Phi) is 6.80. The van der Waals surface area contributed by atoms with Crippen molar-refractivity contribution in [2.45, 2.75) is 45.2 Å². The van der Waals surface area contributed by atoms with Crippen molar-refractivity contribution in [2.24, 2.45) is 5.92 Å². The lowest BCUT2D eigenvalue weighted by Gasteiger charge is -2.21. The largest absolute Gasteiger partial charge is 0.460 e. The number of hydrogen-bond donors (Lipinski definition) is 1. The van der Waals surface area contributed by atoms with E-state index >= 15 is 0 Å². The van der Waals surface area contributed by atoms with Crippen molar-refractivity contribution in [2.75, 3.05) is 0 Å². The quantitative estimate of drug-likeness (QED) is 0.426. The van der Waals surface area contributed by atoms with E-state index < -0.39 is 44.3 Å². The molecule has 7 nitrogen and oxygen atoms in total. The molecule has 0 saturated heterocycles. The van der Waals surface area contributed by atoms with Crippen molar-refractivity contribution in [3.8, 4) is 0 Å². The van der Waals surface area contributed by atoms with E-state index in [-0.39, 0.29) is 6.61 Å². The second-order valence-corrected chi connectivity index (χ2v) is 9.59. The van der Waals surface area contributed by atoms with Crippen molar-refractivity contribution in [3.63, 3.8) is 0 Å². The number of carbonyl (C=O) groups excluding carboxylic acids is 1. The Hall–Kier alpha value is -3.04. The maximum atomic E-state index is 14.0. The van der Waals surface area contributed by atoms with Gasteiger partial charge in [-0.15, -0.1) is 0 Å². The highest BCUT2D eigenvalue weighted by atomic mass is 32.2. The summed E-state index contributed by atoms with van der Waals surface area (Å²) >= 11 is 0. The Labute approximate surface area is 185 Å². The molecule has 0 aliphatic heterocycles. The number of carbonyl (C=O) groups is 1. The topological polar surface area (TPSA) is 103 Å². The first kappa shape index (κ1) is 23.6. The summed E-state index contributed by atoms with van der Waals surface area (Å²) in [5, 5.41) is 0.619. The third kappa shape index (κ3) is 5.05. The zero-order chi connectivity index (χ0) is 23.6. The molecule has 0 aliphatic carbocycles. The number of nitrogens with one attached hydrogen (secondary N) is 1. The number of sulfonamides is 1. The fourth-order valence-corrected chi connectivity index (χ4v) is 4.60. The van der Waals surface area contributed by atoms with E-state index in [2.05, 4.69) is 4.72 Å². The molecule has 0 radical (unpaired) electrons. The number of halogens is 1. The third-order valence-electron chi connectivity index (χ3n) is 5.14. The zero-order valence-electron chi connectivity index (χ0n) is 18.1. The maximum absolute atomic E-state index is 14.0. The molecule has 1 N–H and O–H groups in total. The summed E-state index contributed by atoms with van der Waals surface area (Å²) in [7, 11) is -4.31. The van der Waals surface area contributed by atoms with Crippen LogP contribution in [0.3, 0.4) is 0 Å². The predicted molar refractivity (Wildman–Crippen MR) is 117 cm³/mol. The summed E-state index contributed by atoms with van der Waals surface area (Å²) < 4.78 is 52.0. The molecule has 170 valence electrons. The van der Waals surface area contributed by atoms with Gasteiger partial charge in [-0.3, -0.25) is 4.79 Å². The Bertz CT molecular complexity index is 1330. The minimum Gasteiger partial charge on any atom is -0.460 e. The lowest BCUT2D eigenvalue weighted by Crippen LogP contribution is -2.45. The minimum absolute atomic E-state index is 0.256. The van der Waals surface area contributed by atoms with E-state index in [0.717, 1.165) is 23.3 Å². The first-order valence-corrected chi connectivity index (χ1v) is 11.5. The van der Waals surface area contributed by atoms with Gasteiger partial charge in [-0.1, -0.05) is 26.0 Å². The summed E-state index contributed by atoms with van der Waals surface area (Å²) in [6.45, 7) is 6.80. The van der Waals surface area contributed by atoms with E-state index in [0.29, 0.717) is 16.5 Å². The van der Waals surface area contributed by atoms with Gasteiger partial charge in [0.1, 0.15) is 28.9 Å². The van der Waals surface area contributed by atoms with Gasteiger partial charge >= 0.3 is 11.6 Å². The van der Waals surface area contributed by atoms with Gasteiger partial charge < -0.3 is 9.15 Å². The molecule has 32 heavy (non-hydrogen) atoms. The van der Waals surface area contributed by atoms with Gasteiger partial charge in [-0.05, 0) is 55.2 Å². The van der Waals surface area contributed by atoms with E-state index in [1.54, 1.807) is 19.9 Å². The summed E-state index contributed by atoms with van der Waals surface area (Å²) in [4.78, 5) is 24.1. The standard InChI is InChI=1S/C23H24FNO6S/c1-13(2)22(25-32(28,29)20-8-6-5-7-18(20)24)23(27)30-12-16-11-21(26)31-19-10-15(4)14(3)9-17(16)19/h5-11,13,22,25H,12H2,1-4H3/t22-/m0/s1. The Morgan fingerprint density at radius 2 is 1.78 bits per heavy atom. The van der Waals surface area contributed by atoms with Crippen molar-refractivity contribution in [1.82, 2.24) is 4.72 Å². The van der Waals surface area contributed by atoms with E-state index in [1.807, 2.05) is 19.9 Å². The summed E-state index contributed by atoms with van der Waals surface area (Å²) in [5.41, 5.74) is 2.13. The minimum atomic E-state index is -4.31. The first-order valence-electron chi connectivity index (χ1n) is 9.97. The van der Waals surface area contributed by atoms with Gasteiger partial charge in [0.15, 0.2) is 0 Å². The number of rotatable bonds is 7. The molecule has 9 heteroatoms. The number of aryl methyl sites for hydroxylation is 2. The number of ether oxygens (including phenoxy) is 1. The number of hydrogen-bond acceptors (Lipinski definition) is 6. The van der Waals surface area contributed by atoms with Crippen LogP contribution in [-0.4, -0.2) is 20.4 Å². The molecule has 0 unspecified atom stereocenters. The van der Waals surface area contributed by atoms with Gasteiger partial charge in [0, 0.05) is 17.0 Å². The van der Waals surface area contributed by atoms with Crippen LogP contribution in [0.4, 0.5) is 4.39 Å². The maximum Gasteiger partial charge on any atom is 0.336 e. The molecular weight excluding hydrogens is 437 g/mol. The highest BCUT2D eigenvalue weighted by molar-refractivity contribution is 7.89. The van der Waals surface area contributed by atoms with Crippen molar-refractivity contribution in [1.29, 1.82) is 0 Å². The van der Waals surface area contributed by atoms with Crippen LogP contribution in [0.15, 0.2) is 56.6 Å². The molecule has 1 heterocycles. The monoisotopic (exact) mass is 461 g/mol. The zero-order valence-corrected chi connectivity index (χ0v) is 19.0. The fraction of sp³-hybridized carbons (Fsp3) is 0.304. The Morgan fingerprint density at radius 3 is 2.44 bits per heavy atom. The lowest BCUT2D eigenvalue weighted by molar-refractivity contribution is -0.148. The number of fused-ring (bicyclic) bond motifs is 1. The van der Waals surface area contributed by atoms with Gasteiger partial charge in [0.25, 0.3) is 0 Å². The van der Waals surface area contributed by atoms with E-state index in [9.17, 15) is 22.4 Å². The predicted octanol–water partition coefficient (Wildman–Crippen LogP) is 3.60. The normalized spacial score (nSPS) is 12.8.